The van der Waals surface area contributed by atoms with Crippen LogP contribution in [0.15, 0.2) is 30.3 Å². The topological polar surface area (TPSA) is 49.3 Å². The third-order valence-corrected chi connectivity index (χ3v) is 2.08. The maximum absolute atomic E-state index is 11.3. The lowest BCUT2D eigenvalue weighted by atomic mass is 10.2. The highest BCUT2D eigenvalue weighted by Crippen LogP contribution is 2.11. The molecule has 1 rings (SSSR count). The Morgan fingerprint density at radius 3 is 3.00 bits per heavy atom. The summed E-state index contributed by atoms with van der Waals surface area (Å²) in [6, 6.07) is 7.20. The standard InChI is InChI=1S/C12H14ClNO2/c1-9(15)8-14-12(16)6-5-10-3-2-4-11(13)7-10/h2-7,9,15H,8H2,1H3,(H,14,16)/b6-5+/t9-/m0/s1. The average Bonchev–Trinajstić information content (AvgIpc) is 2.23. The summed E-state index contributed by atoms with van der Waals surface area (Å²) in [5.41, 5.74) is 0.861. The van der Waals surface area contributed by atoms with Gasteiger partial charge in [0.2, 0.25) is 5.91 Å². The van der Waals surface area contributed by atoms with E-state index in [4.69, 9.17) is 16.7 Å². The molecule has 0 bridgehead atoms. The van der Waals surface area contributed by atoms with Crippen molar-refractivity contribution in [2.45, 2.75) is 13.0 Å². The van der Waals surface area contributed by atoms with Crippen LogP contribution in [-0.4, -0.2) is 23.7 Å². The Balaban J connectivity index is 2.50. The van der Waals surface area contributed by atoms with E-state index in [9.17, 15) is 4.79 Å². The molecule has 0 heterocycles. The summed E-state index contributed by atoms with van der Waals surface area (Å²) < 4.78 is 0. The zero-order valence-electron chi connectivity index (χ0n) is 8.98. The minimum atomic E-state index is -0.538. The smallest absolute Gasteiger partial charge is 0.244 e. The molecular weight excluding hydrogens is 226 g/mol. The van der Waals surface area contributed by atoms with Crippen LogP contribution < -0.4 is 5.32 Å². The molecule has 0 radical (unpaired) electrons. The quantitative estimate of drug-likeness (QED) is 0.788. The fraction of sp³-hybridized carbons (Fsp3) is 0.250. The minimum Gasteiger partial charge on any atom is -0.392 e. The molecule has 0 aliphatic carbocycles. The van der Waals surface area contributed by atoms with E-state index in [-0.39, 0.29) is 12.5 Å². The molecule has 1 amide bonds. The largest absolute Gasteiger partial charge is 0.392 e. The lowest BCUT2D eigenvalue weighted by Crippen LogP contribution is -2.28. The second-order valence-electron chi connectivity index (χ2n) is 3.48. The van der Waals surface area contributed by atoms with Gasteiger partial charge in [-0.15, -0.1) is 0 Å². The van der Waals surface area contributed by atoms with Gasteiger partial charge in [-0.3, -0.25) is 4.79 Å². The van der Waals surface area contributed by atoms with Gasteiger partial charge in [-0.05, 0) is 30.7 Å². The summed E-state index contributed by atoms with van der Waals surface area (Å²) >= 11 is 5.80. The van der Waals surface area contributed by atoms with Gasteiger partial charge in [-0.25, -0.2) is 0 Å². The monoisotopic (exact) mass is 239 g/mol. The molecule has 0 fully saturated rings. The number of halogens is 1. The van der Waals surface area contributed by atoms with Crippen LogP contribution in [0, 0.1) is 0 Å². The van der Waals surface area contributed by atoms with Crippen LogP contribution >= 0.6 is 11.6 Å². The van der Waals surface area contributed by atoms with Gasteiger partial charge in [0.15, 0.2) is 0 Å². The van der Waals surface area contributed by atoms with E-state index < -0.39 is 6.10 Å². The second kappa shape index (κ2) is 6.30. The van der Waals surface area contributed by atoms with Crippen molar-refractivity contribution >= 4 is 23.6 Å². The van der Waals surface area contributed by atoms with Crippen LogP contribution in [0.25, 0.3) is 6.08 Å². The van der Waals surface area contributed by atoms with Crippen molar-refractivity contribution in [1.29, 1.82) is 0 Å². The highest BCUT2D eigenvalue weighted by Gasteiger charge is 1.98. The summed E-state index contributed by atoms with van der Waals surface area (Å²) in [4.78, 5) is 11.3. The average molecular weight is 240 g/mol. The number of carbonyl (C=O) groups excluding carboxylic acids is 1. The van der Waals surface area contributed by atoms with Crippen LogP contribution in [-0.2, 0) is 4.79 Å². The molecule has 86 valence electrons. The first-order valence-corrected chi connectivity index (χ1v) is 5.35. The number of benzene rings is 1. The molecule has 0 saturated carbocycles. The first-order chi connectivity index (χ1) is 7.58. The number of hydrogen-bond donors (Lipinski definition) is 2. The van der Waals surface area contributed by atoms with Gasteiger partial charge in [-0.2, -0.15) is 0 Å². The highest BCUT2D eigenvalue weighted by atomic mass is 35.5. The molecule has 2 N–H and O–H groups in total. The van der Waals surface area contributed by atoms with Gasteiger partial charge in [0.1, 0.15) is 0 Å². The van der Waals surface area contributed by atoms with E-state index in [2.05, 4.69) is 5.32 Å². The molecule has 16 heavy (non-hydrogen) atoms. The van der Waals surface area contributed by atoms with E-state index in [0.717, 1.165) is 5.56 Å². The fourth-order valence-electron chi connectivity index (χ4n) is 1.09. The maximum Gasteiger partial charge on any atom is 0.244 e. The van der Waals surface area contributed by atoms with Crippen LogP contribution in [0.5, 0.6) is 0 Å². The molecule has 1 aromatic rings. The summed E-state index contributed by atoms with van der Waals surface area (Å²) in [6.45, 7) is 1.86. The molecule has 1 aromatic carbocycles. The zero-order chi connectivity index (χ0) is 12.0. The van der Waals surface area contributed by atoms with Crippen LogP contribution in [0.2, 0.25) is 5.02 Å². The Bertz CT molecular complexity index is 388. The van der Waals surface area contributed by atoms with Gasteiger partial charge in [0, 0.05) is 17.6 Å². The van der Waals surface area contributed by atoms with Gasteiger partial charge in [-0.1, -0.05) is 23.7 Å². The predicted molar refractivity (Wildman–Crippen MR) is 65.2 cm³/mol. The molecule has 0 unspecified atom stereocenters. The second-order valence-corrected chi connectivity index (χ2v) is 3.92. The van der Waals surface area contributed by atoms with Crippen molar-refractivity contribution in [2.75, 3.05) is 6.54 Å². The first-order valence-electron chi connectivity index (χ1n) is 4.97. The van der Waals surface area contributed by atoms with E-state index >= 15 is 0 Å². The van der Waals surface area contributed by atoms with Crippen molar-refractivity contribution in [3.05, 3.63) is 40.9 Å². The Labute approximate surface area is 99.7 Å². The molecule has 0 aliphatic rings. The van der Waals surface area contributed by atoms with E-state index in [1.54, 1.807) is 25.1 Å². The first kappa shape index (κ1) is 12.7. The normalized spacial score (nSPS) is 12.7. The third-order valence-electron chi connectivity index (χ3n) is 1.85. The van der Waals surface area contributed by atoms with Crippen molar-refractivity contribution in [1.82, 2.24) is 5.32 Å². The Morgan fingerprint density at radius 2 is 2.38 bits per heavy atom. The van der Waals surface area contributed by atoms with E-state index in [0.29, 0.717) is 5.02 Å². The molecule has 3 nitrogen and oxygen atoms in total. The lowest BCUT2D eigenvalue weighted by Gasteiger charge is -2.03. The Hall–Kier alpha value is -1.32. The molecule has 0 saturated heterocycles. The molecule has 4 heteroatoms. The van der Waals surface area contributed by atoms with Crippen molar-refractivity contribution in [3.63, 3.8) is 0 Å². The Kier molecular flexibility index (Phi) is 5.02. The molecule has 0 aromatic heterocycles. The van der Waals surface area contributed by atoms with Crippen LogP contribution in [0.4, 0.5) is 0 Å². The number of hydrogen-bond acceptors (Lipinski definition) is 2. The van der Waals surface area contributed by atoms with Gasteiger partial charge < -0.3 is 10.4 Å². The van der Waals surface area contributed by atoms with Crippen molar-refractivity contribution in [3.8, 4) is 0 Å². The number of aliphatic hydroxyl groups is 1. The summed E-state index contributed by atoms with van der Waals surface area (Å²) in [6.07, 6.45) is 2.54. The van der Waals surface area contributed by atoms with Gasteiger partial charge in [0.05, 0.1) is 6.10 Å². The van der Waals surface area contributed by atoms with Gasteiger partial charge in [0.25, 0.3) is 0 Å². The summed E-state index contributed by atoms with van der Waals surface area (Å²) in [5.74, 6) is -0.235. The number of rotatable bonds is 4. The SMILES string of the molecule is C[C@H](O)CNC(=O)/C=C/c1cccc(Cl)c1. The fourth-order valence-corrected chi connectivity index (χ4v) is 1.29. The summed E-state index contributed by atoms with van der Waals surface area (Å²) in [7, 11) is 0. The number of amides is 1. The van der Waals surface area contributed by atoms with Crippen LogP contribution in [0.3, 0.4) is 0 Å². The van der Waals surface area contributed by atoms with Crippen LogP contribution in [0.1, 0.15) is 12.5 Å². The molecule has 0 aliphatic heterocycles. The number of nitrogens with one attached hydrogen (secondary N) is 1. The molecule has 1 atom stereocenters. The third kappa shape index (κ3) is 4.96. The summed E-state index contributed by atoms with van der Waals surface area (Å²) in [5, 5.41) is 12.2. The van der Waals surface area contributed by atoms with Gasteiger partial charge >= 0.3 is 0 Å². The molecule has 0 spiro atoms. The lowest BCUT2D eigenvalue weighted by molar-refractivity contribution is -0.116. The Morgan fingerprint density at radius 1 is 1.62 bits per heavy atom. The number of aliphatic hydroxyl groups excluding tert-OH is 1. The van der Waals surface area contributed by atoms with E-state index in [1.807, 2.05) is 12.1 Å². The van der Waals surface area contributed by atoms with Crippen molar-refractivity contribution in [2.24, 2.45) is 0 Å². The highest BCUT2D eigenvalue weighted by molar-refractivity contribution is 6.30. The zero-order valence-corrected chi connectivity index (χ0v) is 9.74. The maximum atomic E-state index is 11.3. The van der Waals surface area contributed by atoms with Crippen molar-refractivity contribution < 1.29 is 9.90 Å². The van der Waals surface area contributed by atoms with E-state index in [1.165, 1.54) is 6.08 Å². The molecular formula is C12H14ClNO2. The number of carbonyl (C=O) groups is 1. The minimum absolute atomic E-state index is 0.235. The predicted octanol–water partition coefficient (Wildman–Crippen LogP) is 1.85.